The molecule has 0 aliphatic rings. The minimum atomic E-state index is -0.187. The van der Waals surface area contributed by atoms with Gasteiger partial charge in [-0.1, -0.05) is 22.8 Å². The molecule has 0 fully saturated rings. The molecule has 1 N–H and O–H groups in total. The Morgan fingerprint density at radius 1 is 1.47 bits per heavy atom. The zero-order valence-corrected chi connectivity index (χ0v) is 9.99. The Morgan fingerprint density at radius 2 is 2.29 bits per heavy atom. The van der Waals surface area contributed by atoms with E-state index >= 15 is 0 Å². The van der Waals surface area contributed by atoms with Gasteiger partial charge in [0.1, 0.15) is 11.5 Å². The molecular formula is C12H11ClN2O2. The van der Waals surface area contributed by atoms with E-state index in [2.05, 4.69) is 10.5 Å². The maximum absolute atomic E-state index is 11.7. The third-order valence-corrected chi connectivity index (χ3v) is 2.43. The van der Waals surface area contributed by atoms with Crippen LogP contribution in [0.2, 0.25) is 5.02 Å². The van der Waals surface area contributed by atoms with Crippen molar-refractivity contribution in [2.75, 3.05) is 0 Å². The monoisotopic (exact) mass is 250 g/mol. The first-order valence-corrected chi connectivity index (χ1v) is 5.49. The number of nitrogens with one attached hydrogen (secondary N) is 1. The molecule has 1 heterocycles. The summed E-state index contributed by atoms with van der Waals surface area (Å²) in [5.41, 5.74) is 1.22. The van der Waals surface area contributed by atoms with Crippen LogP contribution in [0.4, 0.5) is 0 Å². The average Bonchev–Trinajstić information content (AvgIpc) is 2.72. The zero-order valence-electron chi connectivity index (χ0n) is 9.24. The number of aromatic nitrogens is 1. The van der Waals surface area contributed by atoms with E-state index in [9.17, 15) is 4.79 Å². The number of carbonyl (C=O) groups excluding carboxylic acids is 1. The first kappa shape index (κ1) is 11.7. The quantitative estimate of drug-likeness (QED) is 0.911. The molecule has 0 aliphatic carbocycles. The fourth-order valence-electron chi connectivity index (χ4n) is 1.40. The van der Waals surface area contributed by atoms with Crippen LogP contribution in [0, 0.1) is 6.92 Å². The fraction of sp³-hybridized carbons (Fsp3) is 0.167. The Hall–Kier alpha value is -1.81. The van der Waals surface area contributed by atoms with E-state index in [4.69, 9.17) is 16.1 Å². The standard InChI is InChI=1S/C12H11ClN2O2/c1-8-5-11(15-17-8)7-14-12(16)9-3-2-4-10(13)6-9/h2-6H,7H2,1H3,(H,14,16). The normalized spacial score (nSPS) is 10.2. The van der Waals surface area contributed by atoms with Crippen LogP contribution in [0.5, 0.6) is 0 Å². The molecule has 1 amide bonds. The van der Waals surface area contributed by atoms with Gasteiger partial charge in [-0.3, -0.25) is 4.79 Å². The lowest BCUT2D eigenvalue weighted by Crippen LogP contribution is -2.22. The molecule has 0 radical (unpaired) electrons. The number of aryl methyl sites for hydroxylation is 1. The Balaban J connectivity index is 1.98. The van der Waals surface area contributed by atoms with Gasteiger partial charge in [0.2, 0.25) is 0 Å². The highest BCUT2D eigenvalue weighted by Gasteiger charge is 2.07. The minimum Gasteiger partial charge on any atom is -0.361 e. The average molecular weight is 251 g/mol. The van der Waals surface area contributed by atoms with Crippen molar-refractivity contribution >= 4 is 17.5 Å². The van der Waals surface area contributed by atoms with E-state index in [1.807, 2.05) is 0 Å². The predicted octanol–water partition coefficient (Wildman–Crippen LogP) is 2.57. The van der Waals surface area contributed by atoms with Gasteiger partial charge in [0.15, 0.2) is 0 Å². The lowest BCUT2D eigenvalue weighted by molar-refractivity contribution is 0.0950. The lowest BCUT2D eigenvalue weighted by atomic mass is 10.2. The molecule has 0 saturated carbocycles. The van der Waals surface area contributed by atoms with Crippen LogP contribution in [-0.4, -0.2) is 11.1 Å². The van der Waals surface area contributed by atoms with Crippen LogP contribution in [0.25, 0.3) is 0 Å². The molecule has 0 unspecified atom stereocenters. The largest absolute Gasteiger partial charge is 0.361 e. The van der Waals surface area contributed by atoms with Gasteiger partial charge in [0.25, 0.3) is 5.91 Å². The zero-order chi connectivity index (χ0) is 12.3. The first-order valence-electron chi connectivity index (χ1n) is 5.11. The smallest absolute Gasteiger partial charge is 0.251 e. The molecule has 4 nitrogen and oxygen atoms in total. The van der Waals surface area contributed by atoms with Crippen molar-refractivity contribution in [1.29, 1.82) is 0 Å². The van der Waals surface area contributed by atoms with Crippen LogP contribution in [-0.2, 0) is 6.54 Å². The molecule has 17 heavy (non-hydrogen) atoms. The summed E-state index contributed by atoms with van der Waals surface area (Å²) in [4.78, 5) is 11.7. The summed E-state index contributed by atoms with van der Waals surface area (Å²) >= 11 is 5.80. The van der Waals surface area contributed by atoms with Gasteiger partial charge in [-0.05, 0) is 25.1 Å². The topological polar surface area (TPSA) is 55.1 Å². The van der Waals surface area contributed by atoms with E-state index in [-0.39, 0.29) is 5.91 Å². The Labute approximate surface area is 104 Å². The van der Waals surface area contributed by atoms with E-state index in [1.54, 1.807) is 37.3 Å². The molecule has 0 aliphatic heterocycles. The van der Waals surface area contributed by atoms with Crippen molar-refractivity contribution in [3.63, 3.8) is 0 Å². The molecule has 1 aromatic heterocycles. The number of benzene rings is 1. The Kier molecular flexibility index (Phi) is 3.44. The Bertz CT molecular complexity index is 537. The summed E-state index contributed by atoms with van der Waals surface area (Å²) in [5, 5.41) is 7.06. The van der Waals surface area contributed by atoms with E-state index in [1.165, 1.54) is 0 Å². The molecule has 2 rings (SSSR count). The highest BCUT2D eigenvalue weighted by Crippen LogP contribution is 2.10. The van der Waals surface area contributed by atoms with Gasteiger partial charge in [-0.25, -0.2) is 0 Å². The van der Waals surface area contributed by atoms with Crippen LogP contribution in [0.15, 0.2) is 34.9 Å². The van der Waals surface area contributed by atoms with Gasteiger partial charge in [0.05, 0.1) is 6.54 Å². The van der Waals surface area contributed by atoms with Crippen molar-refractivity contribution in [3.05, 3.63) is 52.4 Å². The number of hydrogen-bond donors (Lipinski definition) is 1. The van der Waals surface area contributed by atoms with Gasteiger partial charge in [0, 0.05) is 16.7 Å². The number of halogens is 1. The van der Waals surface area contributed by atoms with Crippen LogP contribution in [0.1, 0.15) is 21.8 Å². The molecule has 0 saturated heterocycles. The van der Waals surface area contributed by atoms with Crippen LogP contribution in [0.3, 0.4) is 0 Å². The summed E-state index contributed by atoms with van der Waals surface area (Å²) in [5.74, 6) is 0.533. The second-order valence-electron chi connectivity index (χ2n) is 3.62. The second-order valence-corrected chi connectivity index (χ2v) is 4.06. The third kappa shape index (κ3) is 3.07. The van der Waals surface area contributed by atoms with Crippen molar-refractivity contribution in [1.82, 2.24) is 10.5 Å². The Morgan fingerprint density at radius 3 is 2.94 bits per heavy atom. The second kappa shape index (κ2) is 5.01. The molecule has 5 heteroatoms. The maximum atomic E-state index is 11.7. The molecule has 1 aromatic carbocycles. The van der Waals surface area contributed by atoms with Crippen molar-refractivity contribution in [2.24, 2.45) is 0 Å². The number of amides is 1. The molecule has 88 valence electrons. The lowest BCUT2D eigenvalue weighted by Gasteiger charge is -2.02. The third-order valence-electron chi connectivity index (χ3n) is 2.19. The van der Waals surface area contributed by atoms with Gasteiger partial charge >= 0.3 is 0 Å². The van der Waals surface area contributed by atoms with Crippen molar-refractivity contribution in [2.45, 2.75) is 13.5 Å². The summed E-state index contributed by atoms with van der Waals surface area (Å²) in [6.45, 7) is 2.14. The highest BCUT2D eigenvalue weighted by molar-refractivity contribution is 6.30. The SMILES string of the molecule is Cc1cc(CNC(=O)c2cccc(Cl)c2)no1. The van der Waals surface area contributed by atoms with Crippen molar-refractivity contribution < 1.29 is 9.32 Å². The number of hydrogen-bond acceptors (Lipinski definition) is 3. The first-order chi connectivity index (χ1) is 8.15. The number of carbonyl (C=O) groups is 1. The molecule has 2 aromatic rings. The summed E-state index contributed by atoms with van der Waals surface area (Å²) < 4.78 is 4.90. The fourth-order valence-corrected chi connectivity index (χ4v) is 1.59. The van der Waals surface area contributed by atoms with Crippen molar-refractivity contribution in [3.8, 4) is 0 Å². The summed E-state index contributed by atoms with van der Waals surface area (Å²) in [6, 6.07) is 8.55. The molecule has 0 atom stereocenters. The summed E-state index contributed by atoms with van der Waals surface area (Å²) in [7, 11) is 0. The van der Waals surface area contributed by atoms with Gasteiger partial charge < -0.3 is 9.84 Å². The minimum absolute atomic E-state index is 0.187. The van der Waals surface area contributed by atoms with Crippen LogP contribution >= 0.6 is 11.6 Å². The van der Waals surface area contributed by atoms with Gasteiger partial charge in [-0.15, -0.1) is 0 Å². The van der Waals surface area contributed by atoms with E-state index in [0.29, 0.717) is 22.8 Å². The van der Waals surface area contributed by atoms with Crippen LogP contribution < -0.4 is 5.32 Å². The summed E-state index contributed by atoms with van der Waals surface area (Å²) in [6.07, 6.45) is 0. The van der Waals surface area contributed by atoms with E-state index < -0.39 is 0 Å². The van der Waals surface area contributed by atoms with Gasteiger partial charge in [-0.2, -0.15) is 0 Å². The highest BCUT2D eigenvalue weighted by atomic mass is 35.5. The molecule has 0 spiro atoms. The molecule has 0 bridgehead atoms. The van der Waals surface area contributed by atoms with E-state index in [0.717, 1.165) is 5.76 Å². The predicted molar refractivity (Wildman–Crippen MR) is 63.9 cm³/mol. The molecular weight excluding hydrogens is 240 g/mol. The number of nitrogens with zero attached hydrogens (tertiary/aromatic N) is 1. The maximum Gasteiger partial charge on any atom is 0.251 e. The number of rotatable bonds is 3.